The Morgan fingerprint density at radius 3 is 2.79 bits per heavy atom. The van der Waals surface area contributed by atoms with Crippen molar-refractivity contribution in [1.82, 2.24) is 10.2 Å². The van der Waals surface area contributed by atoms with Crippen LogP contribution >= 0.6 is 11.6 Å². The zero-order valence-corrected chi connectivity index (χ0v) is 9.35. The van der Waals surface area contributed by atoms with Gasteiger partial charge in [0.25, 0.3) is 0 Å². The summed E-state index contributed by atoms with van der Waals surface area (Å²) in [5, 5.41) is 3.91. The Kier molecular flexibility index (Phi) is 6.19. The number of ether oxygens (including phenoxy) is 1. The second kappa shape index (κ2) is 7.23. The molecule has 1 fully saturated rings. The van der Waals surface area contributed by atoms with Gasteiger partial charge in [-0.15, -0.1) is 0 Å². The number of hydrogen-bond acceptors (Lipinski definition) is 3. The standard InChI is InChI=1S/C10H19ClN2O/c1-10(11)9-12-3-2-4-13-5-7-14-8-6-13/h12H,1-9H2. The molecule has 0 aromatic carbocycles. The van der Waals surface area contributed by atoms with E-state index >= 15 is 0 Å². The molecule has 0 aromatic heterocycles. The van der Waals surface area contributed by atoms with Gasteiger partial charge in [0.15, 0.2) is 0 Å². The average molecular weight is 219 g/mol. The topological polar surface area (TPSA) is 24.5 Å². The van der Waals surface area contributed by atoms with Crippen molar-refractivity contribution >= 4 is 11.6 Å². The summed E-state index contributed by atoms with van der Waals surface area (Å²) in [6.45, 7) is 10.4. The van der Waals surface area contributed by atoms with Crippen molar-refractivity contribution in [2.45, 2.75) is 6.42 Å². The summed E-state index contributed by atoms with van der Waals surface area (Å²) in [6, 6.07) is 0. The Morgan fingerprint density at radius 1 is 1.43 bits per heavy atom. The van der Waals surface area contributed by atoms with Crippen molar-refractivity contribution in [3.05, 3.63) is 11.6 Å². The van der Waals surface area contributed by atoms with E-state index in [2.05, 4.69) is 16.8 Å². The van der Waals surface area contributed by atoms with E-state index in [-0.39, 0.29) is 0 Å². The zero-order chi connectivity index (χ0) is 10.2. The largest absolute Gasteiger partial charge is 0.379 e. The van der Waals surface area contributed by atoms with Crippen molar-refractivity contribution in [3.8, 4) is 0 Å². The number of nitrogens with one attached hydrogen (secondary N) is 1. The monoisotopic (exact) mass is 218 g/mol. The number of hydrogen-bond donors (Lipinski definition) is 1. The van der Waals surface area contributed by atoms with Gasteiger partial charge < -0.3 is 10.1 Å². The van der Waals surface area contributed by atoms with Crippen molar-refractivity contribution in [2.75, 3.05) is 45.9 Å². The molecule has 1 aliphatic rings. The van der Waals surface area contributed by atoms with Gasteiger partial charge in [0.1, 0.15) is 0 Å². The summed E-state index contributed by atoms with van der Waals surface area (Å²) in [6.07, 6.45) is 1.16. The number of rotatable bonds is 6. The lowest BCUT2D eigenvalue weighted by atomic mass is 10.3. The van der Waals surface area contributed by atoms with Gasteiger partial charge >= 0.3 is 0 Å². The summed E-state index contributed by atoms with van der Waals surface area (Å²) < 4.78 is 5.27. The summed E-state index contributed by atoms with van der Waals surface area (Å²) in [7, 11) is 0. The van der Waals surface area contributed by atoms with E-state index in [0.29, 0.717) is 11.6 Å². The molecule has 1 N–H and O–H groups in total. The smallest absolute Gasteiger partial charge is 0.0594 e. The molecule has 0 bridgehead atoms. The molecule has 0 saturated carbocycles. The summed E-state index contributed by atoms with van der Waals surface area (Å²) in [5.74, 6) is 0. The molecule has 0 spiro atoms. The van der Waals surface area contributed by atoms with Crippen LogP contribution in [-0.2, 0) is 4.74 Å². The van der Waals surface area contributed by atoms with Crippen molar-refractivity contribution in [2.24, 2.45) is 0 Å². The zero-order valence-electron chi connectivity index (χ0n) is 8.60. The van der Waals surface area contributed by atoms with Gasteiger partial charge in [0.2, 0.25) is 0 Å². The van der Waals surface area contributed by atoms with Crippen LogP contribution in [0.5, 0.6) is 0 Å². The van der Waals surface area contributed by atoms with Crippen LogP contribution in [0, 0.1) is 0 Å². The molecule has 0 aromatic rings. The van der Waals surface area contributed by atoms with E-state index in [4.69, 9.17) is 16.3 Å². The first-order chi connectivity index (χ1) is 6.79. The Balaban J connectivity index is 1.90. The molecule has 0 unspecified atom stereocenters. The van der Waals surface area contributed by atoms with E-state index in [0.717, 1.165) is 45.8 Å². The first-order valence-corrected chi connectivity index (χ1v) is 5.51. The van der Waals surface area contributed by atoms with Gasteiger partial charge in [-0.3, -0.25) is 4.90 Å². The fourth-order valence-corrected chi connectivity index (χ4v) is 1.57. The maximum atomic E-state index is 5.62. The Bertz CT molecular complexity index is 170. The van der Waals surface area contributed by atoms with Crippen LogP contribution in [0.1, 0.15) is 6.42 Å². The highest BCUT2D eigenvalue weighted by Crippen LogP contribution is 1.97. The lowest BCUT2D eigenvalue weighted by Gasteiger charge is -2.26. The Morgan fingerprint density at radius 2 is 2.14 bits per heavy atom. The van der Waals surface area contributed by atoms with Crippen LogP contribution < -0.4 is 5.32 Å². The molecule has 0 radical (unpaired) electrons. The minimum atomic E-state index is 0.677. The first-order valence-electron chi connectivity index (χ1n) is 5.13. The fraction of sp³-hybridized carbons (Fsp3) is 0.800. The molecule has 1 saturated heterocycles. The molecule has 1 heterocycles. The molecule has 0 amide bonds. The van der Waals surface area contributed by atoms with E-state index in [9.17, 15) is 0 Å². The SMILES string of the molecule is C=C(Cl)CNCCCN1CCOCC1. The van der Waals surface area contributed by atoms with Gasteiger partial charge in [0.05, 0.1) is 13.2 Å². The fourth-order valence-electron chi connectivity index (χ4n) is 1.48. The van der Waals surface area contributed by atoms with E-state index in [1.807, 2.05) is 0 Å². The van der Waals surface area contributed by atoms with Crippen molar-refractivity contribution in [3.63, 3.8) is 0 Å². The number of nitrogens with zero attached hydrogens (tertiary/aromatic N) is 1. The summed E-state index contributed by atoms with van der Waals surface area (Å²) in [4.78, 5) is 2.43. The molecule has 1 aliphatic heterocycles. The number of morpholine rings is 1. The maximum absolute atomic E-state index is 5.62. The van der Waals surface area contributed by atoms with Crippen LogP contribution in [0.2, 0.25) is 0 Å². The maximum Gasteiger partial charge on any atom is 0.0594 e. The van der Waals surface area contributed by atoms with Crippen LogP contribution in [0.4, 0.5) is 0 Å². The third-order valence-corrected chi connectivity index (χ3v) is 2.38. The predicted octanol–water partition coefficient (Wildman–Crippen LogP) is 1.05. The summed E-state index contributed by atoms with van der Waals surface area (Å²) >= 11 is 5.62. The second-order valence-electron chi connectivity index (χ2n) is 3.50. The highest BCUT2D eigenvalue weighted by molar-refractivity contribution is 6.29. The van der Waals surface area contributed by atoms with Gasteiger partial charge in [-0.2, -0.15) is 0 Å². The average Bonchev–Trinajstić information content (AvgIpc) is 2.18. The Hall–Kier alpha value is -0.0900. The highest BCUT2D eigenvalue weighted by Gasteiger charge is 2.08. The third kappa shape index (κ3) is 5.60. The molecule has 0 atom stereocenters. The minimum absolute atomic E-state index is 0.677. The van der Waals surface area contributed by atoms with E-state index in [1.165, 1.54) is 0 Å². The Labute approximate surface area is 91.1 Å². The third-order valence-electron chi connectivity index (χ3n) is 2.25. The first kappa shape index (κ1) is 12.0. The van der Waals surface area contributed by atoms with Gasteiger partial charge in [-0.05, 0) is 19.5 Å². The molecule has 0 aliphatic carbocycles. The molecule has 3 nitrogen and oxygen atoms in total. The van der Waals surface area contributed by atoms with Gasteiger partial charge in [0, 0.05) is 24.7 Å². The second-order valence-corrected chi connectivity index (χ2v) is 4.04. The van der Waals surface area contributed by atoms with Gasteiger partial charge in [-0.1, -0.05) is 18.2 Å². The molecular formula is C10H19ClN2O. The van der Waals surface area contributed by atoms with Crippen LogP contribution in [-0.4, -0.2) is 50.8 Å². The lowest BCUT2D eigenvalue weighted by Crippen LogP contribution is -2.37. The molecule has 82 valence electrons. The molecule has 14 heavy (non-hydrogen) atoms. The summed E-state index contributed by atoms with van der Waals surface area (Å²) in [5.41, 5.74) is 0. The van der Waals surface area contributed by atoms with Gasteiger partial charge in [-0.25, -0.2) is 0 Å². The lowest BCUT2D eigenvalue weighted by molar-refractivity contribution is 0.0375. The minimum Gasteiger partial charge on any atom is -0.379 e. The van der Waals surface area contributed by atoms with Crippen LogP contribution in [0.3, 0.4) is 0 Å². The van der Waals surface area contributed by atoms with Crippen molar-refractivity contribution in [1.29, 1.82) is 0 Å². The normalized spacial score (nSPS) is 18.4. The molecular weight excluding hydrogens is 200 g/mol. The van der Waals surface area contributed by atoms with E-state index in [1.54, 1.807) is 0 Å². The highest BCUT2D eigenvalue weighted by atomic mass is 35.5. The van der Waals surface area contributed by atoms with Crippen LogP contribution in [0.25, 0.3) is 0 Å². The molecule has 4 heteroatoms. The van der Waals surface area contributed by atoms with Crippen molar-refractivity contribution < 1.29 is 4.74 Å². The molecule has 1 rings (SSSR count). The van der Waals surface area contributed by atoms with E-state index < -0.39 is 0 Å². The van der Waals surface area contributed by atoms with Crippen LogP contribution in [0.15, 0.2) is 11.6 Å². The predicted molar refractivity (Wildman–Crippen MR) is 59.7 cm³/mol. The number of halogens is 1. The quantitative estimate of drug-likeness (QED) is 0.675.